The summed E-state index contributed by atoms with van der Waals surface area (Å²) in [5, 5.41) is 14.5. The number of nitriles is 1. The van der Waals surface area contributed by atoms with Gasteiger partial charge in [0.15, 0.2) is 6.61 Å². The van der Waals surface area contributed by atoms with Crippen molar-refractivity contribution in [3.8, 4) is 11.8 Å². The monoisotopic (exact) mass is 365 g/mol. The van der Waals surface area contributed by atoms with Gasteiger partial charge in [-0.1, -0.05) is 44.2 Å². The fourth-order valence-corrected chi connectivity index (χ4v) is 2.47. The first kappa shape index (κ1) is 20.0. The molecule has 0 radical (unpaired) electrons. The van der Waals surface area contributed by atoms with Crippen molar-refractivity contribution in [2.75, 3.05) is 6.61 Å². The number of carbonyl (C=O) groups excluding carboxylic acids is 2. The van der Waals surface area contributed by atoms with E-state index in [-0.39, 0.29) is 30.9 Å². The molecule has 0 aliphatic carbocycles. The normalized spacial score (nSPS) is 11.3. The van der Waals surface area contributed by atoms with Gasteiger partial charge in [-0.15, -0.1) is 0 Å². The highest BCUT2D eigenvalue weighted by Crippen LogP contribution is 2.09. The van der Waals surface area contributed by atoms with Crippen LogP contribution >= 0.6 is 0 Å². The molecule has 1 atom stereocenters. The van der Waals surface area contributed by atoms with E-state index in [4.69, 9.17) is 10.00 Å². The van der Waals surface area contributed by atoms with Crippen molar-refractivity contribution in [3.05, 3.63) is 65.7 Å². The zero-order valence-electron chi connectivity index (χ0n) is 15.4. The quantitative estimate of drug-likeness (QED) is 0.751. The lowest BCUT2D eigenvalue weighted by molar-refractivity contribution is -0.131. The molecule has 0 fully saturated rings. The van der Waals surface area contributed by atoms with Crippen LogP contribution in [-0.2, 0) is 16.1 Å². The number of hydrogen-bond donors (Lipinski definition) is 2. The zero-order chi connectivity index (χ0) is 19.6. The van der Waals surface area contributed by atoms with Crippen molar-refractivity contribution in [2.24, 2.45) is 5.92 Å². The second kappa shape index (κ2) is 9.97. The average molecular weight is 365 g/mol. The van der Waals surface area contributed by atoms with Crippen molar-refractivity contribution in [1.29, 1.82) is 5.26 Å². The minimum atomic E-state index is -0.670. The van der Waals surface area contributed by atoms with Crippen LogP contribution in [0, 0.1) is 17.2 Å². The van der Waals surface area contributed by atoms with Crippen LogP contribution < -0.4 is 15.4 Å². The van der Waals surface area contributed by atoms with Gasteiger partial charge in [0.25, 0.3) is 5.91 Å². The Bertz CT molecular complexity index is 813. The summed E-state index contributed by atoms with van der Waals surface area (Å²) in [6.45, 7) is 3.84. The predicted molar refractivity (Wildman–Crippen MR) is 102 cm³/mol. The van der Waals surface area contributed by atoms with E-state index in [0.29, 0.717) is 11.3 Å². The second-order valence-corrected chi connectivity index (χ2v) is 6.42. The Hall–Kier alpha value is -3.33. The van der Waals surface area contributed by atoms with E-state index in [0.717, 1.165) is 5.56 Å². The van der Waals surface area contributed by atoms with Gasteiger partial charge in [-0.2, -0.15) is 5.26 Å². The van der Waals surface area contributed by atoms with Crippen LogP contribution in [0.3, 0.4) is 0 Å². The second-order valence-electron chi connectivity index (χ2n) is 6.42. The molecule has 0 aromatic heterocycles. The molecular formula is C21H23N3O3. The van der Waals surface area contributed by atoms with Crippen LogP contribution in [-0.4, -0.2) is 24.5 Å². The summed E-state index contributed by atoms with van der Waals surface area (Å²) < 4.78 is 5.41. The lowest BCUT2D eigenvalue weighted by Gasteiger charge is -2.22. The Balaban J connectivity index is 1.88. The van der Waals surface area contributed by atoms with E-state index in [1.54, 1.807) is 30.3 Å². The Kier molecular flexibility index (Phi) is 7.38. The van der Waals surface area contributed by atoms with Crippen LogP contribution in [0.2, 0.25) is 0 Å². The highest BCUT2D eigenvalue weighted by molar-refractivity contribution is 5.88. The third kappa shape index (κ3) is 6.48. The number of nitrogens with one attached hydrogen (secondary N) is 2. The first-order valence-electron chi connectivity index (χ1n) is 8.73. The fraction of sp³-hybridized carbons (Fsp3) is 0.286. The zero-order valence-corrected chi connectivity index (χ0v) is 15.4. The molecule has 6 nitrogen and oxygen atoms in total. The van der Waals surface area contributed by atoms with Gasteiger partial charge in [0, 0.05) is 6.54 Å². The SMILES string of the molecule is CC(C)C(NC(=O)COc1ccccc1)C(=O)NCc1cccc(C#N)c1. The lowest BCUT2D eigenvalue weighted by atomic mass is 10.0. The first-order valence-corrected chi connectivity index (χ1v) is 8.73. The molecule has 2 N–H and O–H groups in total. The van der Waals surface area contributed by atoms with E-state index in [1.807, 2.05) is 38.1 Å². The minimum Gasteiger partial charge on any atom is -0.484 e. The Morgan fingerprint density at radius 3 is 2.52 bits per heavy atom. The molecule has 2 aromatic carbocycles. The van der Waals surface area contributed by atoms with Crippen LogP contribution in [0.1, 0.15) is 25.0 Å². The average Bonchev–Trinajstić information content (AvgIpc) is 2.69. The maximum atomic E-state index is 12.5. The van der Waals surface area contributed by atoms with Crippen LogP contribution in [0.25, 0.3) is 0 Å². The number of hydrogen-bond acceptors (Lipinski definition) is 4. The summed E-state index contributed by atoms with van der Waals surface area (Å²) in [4.78, 5) is 24.6. The molecule has 0 heterocycles. The van der Waals surface area contributed by atoms with Crippen molar-refractivity contribution >= 4 is 11.8 Å². The lowest BCUT2D eigenvalue weighted by Crippen LogP contribution is -2.50. The number of carbonyl (C=O) groups is 2. The minimum absolute atomic E-state index is 0.0869. The number of amides is 2. The molecular weight excluding hydrogens is 342 g/mol. The van der Waals surface area contributed by atoms with Crippen molar-refractivity contribution in [3.63, 3.8) is 0 Å². The molecule has 0 bridgehead atoms. The van der Waals surface area contributed by atoms with E-state index in [2.05, 4.69) is 16.7 Å². The maximum Gasteiger partial charge on any atom is 0.258 e. The summed E-state index contributed by atoms with van der Waals surface area (Å²) in [5.41, 5.74) is 1.36. The fourth-order valence-electron chi connectivity index (χ4n) is 2.47. The molecule has 2 rings (SSSR count). The number of nitrogens with zero attached hydrogens (tertiary/aromatic N) is 1. The van der Waals surface area contributed by atoms with Crippen molar-refractivity contribution in [2.45, 2.75) is 26.4 Å². The van der Waals surface area contributed by atoms with Gasteiger partial charge in [-0.3, -0.25) is 9.59 Å². The summed E-state index contributed by atoms with van der Waals surface area (Å²) >= 11 is 0. The van der Waals surface area contributed by atoms with Gasteiger partial charge >= 0.3 is 0 Å². The number of rotatable bonds is 8. The van der Waals surface area contributed by atoms with Crippen LogP contribution in [0.5, 0.6) is 5.75 Å². The molecule has 0 saturated carbocycles. The number of benzene rings is 2. The Labute approximate surface area is 159 Å². The van der Waals surface area contributed by atoms with Gasteiger partial charge in [-0.25, -0.2) is 0 Å². The Morgan fingerprint density at radius 1 is 1.11 bits per heavy atom. The third-order valence-electron chi connectivity index (χ3n) is 3.90. The Morgan fingerprint density at radius 2 is 1.85 bits per heavy atom. The summed E-state index contributed by atoms with van der Waals surface area (Å²) in [7, 11) is 0. The van der Waals surface area contributed by atoms with E-state index >= 15 is 0 Å². The summed E-state index contributed by atoms with van der Waals surface area (Å²) in [6.07, 6.45) is 0. The maximum absolute atomic E-state index is 12.5. The van der Waals surface area contributed by atoms with Gasteiger partial charge in [0.1, 0.15) is 11.8 Å². The standard InChI is InChI=1S/C21H23N3O3/c1-15(2)20(24-19(25)14-27-18-9-4-3-5-10-18)21(26)23-13-17-8-6-7-16(11-17)12-22/h3-11,15,20H,13-14H2,1-2H3,(H,23,26)(H,24,25). The molecule has 0 aliphatic heterocycles. The number of para-hydroxylation sites is 1. The topological polar surface area (TPSA) is 91.2 Å². The predicted octanol–water partition coefficient (Wildman–Crippen LogP) is 2.39. The summed E-state index contributed by atoms with van der Waals surface area (Å²) in [5.74, 6) is -0.133. The molecule has 27 heavy (non-hydrogen) atoms. The van der Waals surface area contributed by atoms with Gasteiger partial charge in [0.2, 0.25) is 5.91 Å². The van der Waals surface area contributed by atoms with E-state index in [1.165, 1.54) is 0 Å². The molecule has 6 heteroatoms. The third-order valence-corrected chi connectivity index (χ3v) is 3.90. The molecule has 140 valence electrons. The summed E-state index contributed by atoms with van der Waals surface area (Å²) in [6, 6.07) is 17.4. The van der Waals surface area contributed by atoms with E-state index < -0.39 is 6.04 Å². The van der Waals surface area contributed by atoms with Crippen LogP contribution in [0.15, 0.2) is 54.6 Å². The van der Waals surface area contributed by atoms with E-state index in [9.17, 15) is 9.59 Å². The first-order chi connectivity index (χ1) is 13.0. The molecule has 0 saturated heterocycles. The molecule has 0 aliphatic rings. The van der Waals surface area contributed by atoms with Gasteiger partial charge in [0.05, 0.1) is 11.6 Å². The molecule has 2 aromatic rings. The molecule has 2 amide bonds. The van der Waals surface area contributed by atoms with Crippen molar-refractivity contribution < 1.29 is 14.3 Å². The smallest absolute Gasteiger partial charge is 0.258 e. The van der Waals surface area contributed by atoms with Crippen LogP contribution in [0.4, 0.5) is 0 Å². The van der Waals surface area contributed by atoms with Crippen molar-refractivity contribution in [1.82, 2.24) is 10.6 Å². The van der Waals surface area contributed by atoms with Gasteiger partial charge in [-0.05, 0) is 35.7 Å². The molecule has 1 unspecified atom stereocenters. The highest BCUT2D eigenvalue weighted by atomic mass is 16.5. The van der Waals surface area contributed by atoms with Gasteiger partial charge < -0.3 is 15.4 Å². The largest absolute Gasteiger partial charge is 0.484 e. The molecule has 0 spiro atoms. The highest BCUT2D eigenvalue weighted by Gasteiger charge is 2.24. The number of ether oxygens (including phenoxy) is 1.